The quantitative estimate of drug-likeness (QED) is 0.933. The Hall–Kier alpha value is -1.58. The van der Waals surface area contributed by atoms with E-state index in [0.717, 1.165) is 43.0 Å². The van der Waals surface area contributed by atoms with E-state index in [1.807, 2.05) is 24.3 Å². The van der Waals surface area contributed by atoms with E-state index in [0.29, 0.717) is 12.0 Å². The minimum atomic E-state index is 0.288. The Balaban J connectivity index is 1.69. The van der Waals surface area contributed by atoms with Crippen LogP contribution in [0.25, 0.3) is 11.3 Å². The highest BCUT2D eigenvalue weighted by Gasteiger charge is 2.25. The number of benzene rings is 1. The highest BCUT2D eigenvalue weighted by atomic mass is 16.3. The lowest BCUT2D eigenvalue weighted by Crippen LogP contribution is -2.42. The number of hydrogen-bond donors (Lipinski definition) is 1. The molecule has 1 N–H and O–H groups in total. The van der Waals surface area contributed by atoms with Crippen molar-refractivity contribution in [1.82, 2.24) is 4.90 Å². The Morgan fingerprint density at radius 3 is 2.71 bits per heavy atom. The van der Waals surface area contributed by atoms with E-state index in [1.165, 1.54) is 0 Å². The number of likely N-dealkylation sites (tertiary alicyclic amines) is 1. The Morgan fingerprint density at radius 1 is 1.14 bits per heavy atom. The van der Waals surface area contributed by atoms with Gasteiger partial charge in [-0.2, -0.15) is 0 Å². The van der Waals surface area contributed by atoms with E-state index >= 15 is 0 Å². The van der Waals surface area contributed by atoms with Gasteiger partial charge in [0.1, 0.15) is 11.5 Å². The Bertz CT molecular complexity index is 564. The minimum Gasteiger partial charge on any atom is -0.460 e. The van der Waals surface area contributed by atoms with E-state index in [4.69, 9.17) is 4.42 Å². The number of aliphatic hydroxyl groups excluding tert-OH is 1. The molecule has 3 nitrogen and oxygen atoms in total. The van der Waals surface area contributed by atoms with E-state index in [-0.39, 0.29) is 6.61 Å². The summed E-state index contributed by atoms with van der Waals surface area (Å²) in [6, 6.07) is 14.9. The second-order valence-electron chi connectivity index (χ2n) is 6.04. The molecule has 1 aliphatic rings. The van der Waals surface area contributed by atoms with Crippen LogP contribution in [0.3, 0.4) is 0 Å². The van der Waals surface area contributed by atoms with E-state index in [2.05, 4.69) is 30.0 Å². The van der Waals surface area contributed by atoms with Crippen molar-refractivity contribution in [1.29, 1.82) is 0 Å². The van der Waals surface area contributed by atoms with Crippen LogP contribution in [0.4, 0.5) is 0 Å². The number of furan rings is 1. The van der Waals surface area contributed by atoms with Crippen molar-refractivity contribution in [2.75, 3.05) is 13.2 Å². The summed E-state index contributed by atoms with van der Waals surface area (Å²) >= 11 is 0. The van der Waals surface area contributed by atoms with Crippen molar-refractivity contribution in [3.63, 3.8) is 0 Å². The molecular weight excluding hydrogens is 262 g/mol. The van der Waals surface area contributed by atoms with Crippen LogP contribution in [0.15, 0.2) is 46.9 Å². The van der Waals surface area contributed by atoms with Crippen LogP contribution in [0.2, 0.25) is 0 Å². The summed E-state index contributed by atoms with van der Waals surface area (Å²) in [7, 11) is 0. The summed E-state index contributed by atoms with van der Waals surface area (Å²) in [6.45, 7) is 4.33. The summed E-state index contributed by atoms with van der Waals surface area (Å²) in [5.41, 5.74) is 1.11. The molecule has 1 fully saturated rings. The summed E-state index contributed by atoms with van der Waals surface area (Å²) < 4.78 is 5.99. The maximum atomic E-state index is 9.36. The Kier molecular flexibility index (Phi) is 4.42. The standard InChI is InChI=1S/C18H23NO2/c1-14-7-8-15(13-20)11-19(14)12-17-9-10-18(21-17)16-5-3-2-4-6-16/h2-6,9-10,14-15,20H,7-8,11-13H2,1H3. The molecule has 21 heavy (non-hydrogen) atoms. The monoisotopic (exact) mass is 285 g/mol. The second kappa shape index (κ2) is 6.46. The lowest BCUT2D eigenvalue weighted by atomic mass is 9.94. The first kappa shape index (κ1) is 14.4. The zero-order valence-corrected chi connectivity index (χ0v) is 12.5. The molecule has 2 unspecified atom stereocenters. The third-order valence-corrected chi connectivity index (χ3v) is 4.45. The highest BCUT2D eigenvalue weighted by molar-refractivity contribution is 5.57. The summed E-state index contributed by atoms with van der Waals surface area (Å²) in [5, 5.41) is 9.36. The van der Waals surface area contributed by atoms with Crippen LogP contribution >= 0.6 is 0 Å². The molecule has 0 aliphatic carbocycles. The van der Waals surface area contributed by atoms with Gasteiger partial charge in [0.2, 0.25) is 0 Å². The molecule has 0 spiro atoms. The van der Waals surface area contributed by atoms with Gasteiger partial charge in [-0.05, 0) is 37.8 Å². The van der Waals surface area contributed by atoms with Gasteiger partial charge in [-0.3, -0.25) is 4.90 Å². The van der Waals surface area contributed by atoms with E-state index in [9.17, 15) is 5.11 Å². The van der Waals surface area contributed by atoms with Crippen LogP contribution in [-0.4, -0.2) is 29.2 Å². The first-order valence-electron chi connectivity index (χ1n) is 7.75. The zero-order chi connectivity index (χ0) is 14.7. The number of rotatable bonds is 4. The van der Waals surface area contributed by atoms with Crippen molar-refractivity contribution in [3.8, 4) is 11.3 Å². The molecule has 0 radical (unpaired) electrons. The molecule has 2 heterocycles. The van der Waals surface area contributed by atoms with Gasteiger partial charge in [-0.1, -0.05) is 30.3 Å². The fourth-order valence-electron chi connectivity index (χ4n) is 3.05. The van der Waals surface area contributed by atoms with Crippen LogP contribution in [0.5, 0.6) is 0 Å². The molecule has 1 aromatic heterocycles. The van der Waals surface area contributed by atoms with Gasteiger partial charge in [0.15, 0.2) is 0 Å². The molecule has 0 saturated carbocycles. The van der Waals surface area contributed by atoms with Crippen LogP contribution in [0.1, 0.15) is 25.5 Å². The highest BCUT2D eigenvalue weighted by Crippen LogP contribution is 2.26. The molecule has 0 bridgehead atoms. The zero-order valence-electron chi connectivity index (χ0n) is 12.5. The smallest absolute Gasteiger partial charge is 0.134 e. The predicted octanol–water partition coefficient (Wildman–Crippen LogP) is 3.54. The molecule has 112 valence electrons. The topological polar surface area (TPSA) is 36.6 Å². The van der Waals surface area contributed by atoms with Crippen molar-refractivity contribution in [2.45, 2.75) is 32.4 Å². The van der Waals surface area contributed by atoms with Gasteiger partial charge in [-0.25, -0.2) is 0 Å². The molecule has 2 atom stereocenters. The Labute approximate surface area is 126 Å². The van der Waals surface area contributed by atoms with Gasteiger partial charge in [0.25, 0.3) is 0 Å². The number of piperidine rings is 1. The number of hydrogen-bond acceptors (Lipinski definition) is 3. The Morgan fingerprint density at radius 2 is 1.95 bits per heavy atom. The van der Waals surface area contributed by atoms with E-state index < -0.39 is 0 Å². The first-order chi connectivity index (χ1) is 10.3. The summed E-state index contributed by atoms with van der Waals surface area (Å²) in [4.78, 5) is 2.41. The molecule has 2 aromatic rings. The second-order valence-corrected chi connectivity index (χ2v) is 6.04. The van der Waals surface area contributed by atoms with Gasteiger partial charge >= 0.3 is 0 Å². The normalized spacial score (nSPS) is 23.3. The molecule has 1 saturated heterocycles. The van der Waals surface area contributed by atoms with Crippen molar-refractivity contribution in [3.05, 3.63) is 48.2 Å². The largest absolute Gasteiger partial charge is 0.460 e. The summed E-state index contributed by atoms with van der Waals surface area (Å²) in [5.74, 6) is 2.33. The van der Waals surface area contributed by atoms with Crippen molar-refractivity contribution >= 4 is 0 Å². The molecule has 1 aliphatic heterocycles. The van der Waals surface area contributed by atoms with Gasteiger partial charge in [0.05, 0.1) is 6.54 Å². The SMILES string of the molecule is CC1CCC(CO)CN1Cc1ccc(-c2ccccc2)o1. The maximum absolute atomic E-state index is 9.36. The van der Waals surface area contributed by atoms with Gasteiger partial charge < -0.3 is 9.52 Å². The number of aliphatic hydroxyl groups is 1. The van der Waals surface area contributed by atoms with E-state index in [1.54, 1.807) is 0 Å². The molecule has 3 rings (SSSR count). The first-order valence-corrected chi connectivity index (χ1v) is 7.75. The van der Waals surface area contributed by atoms with Gasteiger partial charge in [-0.15, -0.1) is 0 Å². The fourth-order valence-corrected chi connectivity index (χ4v) is 3.05. The summed E-state index contributed by atoms with van der Waals surface area (Å²) in [6.07, 6.45) is 2.28. The van der Waals surface area contributed by atoms with Crippen LogP contribution < -0.4 is 0 Å². The average Bonchev–Trinajstić information content (AvgIpc) is 2.99. The minimum absolute atomic E-state index is 0.288. The predicted molar refractivity (Wildman–Crippen MR) is 83.8 cm³/mol. The van der Waals surface area contributed by atoms with Gasteiger partial charge in [0, 0.05) is 24.8 Å². The molecule has 0 amide bonds. The lowest BCUT2D eigenvalue weighted by molar-refractivity contribution is 0.0720. The third kappa shape index (κ3) is 3.36. The molecular formula is C18H23NO2. The van der Waals surface area contributed by atoms with Crippen molar-refractivity contribution in [2.24, 2.45) is 5.92 Å². The fraction of sp³-hybridized carbons (Fsp3) is 0.444. The number of nitrogens with zero attached hydrogens (tertiary/aromatic N) is 1. The maximum Gasteiger partial charge on any atom is 0.134 e. The molecule has 1 aromatic carbocycles. The lowest BCUT2D eigenvalue weighted by Gasteiger charge is -2.36. The molecule has 3 heteroatoms. The third-order valence-electron chi connectivity index (χ3n) is 4.45. The van der Waals surface area contributed by atoms with Crippen LogP contribution in [0, 0.1) is 5.92 Å². The van der Waals surface area contributed by atoms with Crippen molar-refractivity contribution < 1.29 is 9.52 Å². The average molecular weight is 285 g/mol. The van der Waals surface area contributed by atoms with Crippen LogP contribution in [-0.2, 0) is 6.54 Å².